The van der Waals surface area contributed by atoms with E-state index < -0.39 is 0 Å². The number of amides is 1. The Balaban J connectivity index is 1.73. The zero-order valence-corrected chi connectivity index (χ0v) is 14.2. The molecule has 0 spiro atoms. The zero-order chi connectivity index (χ0) is 15.0. The summed E-state index contributed by atoms with van der Waals surface area (Å²) in [6.45, 7) is 6.93. The number of nitrogens with one attached hydrogen (secondary N) is 1. The molecule has 5 heteroatoms. The highest BCUT2D eigenvalue weighted by Crippen LogP contribution is 2.40. The van der Waals surface area contributed by atoms with E-state index in [4.69, 9.17) is 0 Å². The fourth-order valence-corrected chi connectivity index (χ4v) is 4.44. The number of hydrogen-bond donors (Lipinski definition) is 1. The summed E-state index contributed by atoms with van der Waals surface area (Å²) in [5.41, 5.74) is 1.52. The second-order valence-electron chi connectivity index (χ2n) is 6.63. The maximum atomic E-state index is 12.1. The predicted molar refractivity (Wildman–Crippen MR) is 89.4 cm³/mol. The third kappa shape index (κ3) is 3.19. The summed E-state index contributed by atoms with van der Waals surface area (Å²) in [5, 5.41) is 5.59. The van der Waals surface area contributed by atoms with Crippen LogP contribution < -0.4 is 5.32 Å². The number of aryl methyl sites for hydroxylation is 1. The molecule has 0 radical (unpaired) electrons. The van der Waals surface area contributed by atoms with E-state index in [1.54, 1.807) is 11.3 Å². The van der Waals surface area contributed by atoms with Gasteiger partial charge in [0.15, 0.2) is 5.13 Å². The van der Waals surface area contributed by atoms with E-state index in [9.17, 15) is 4.79 Å². The molecule has 0 aromatic carbocycles. The van der Waals surface area contributed by atoms with Crippen LogP contribution in [0.3, 0.4) is 0 Å². The number of carbonyl (C=O) groups is 1. The van der Waals surface area contributed by atoms with Crippen molar-refractivity contribution in [3.05, 3.63) is 33.0 Å². The molecule has 0 bridgehead atoms. The monoisotopic (exact) mass is 320 g/mol. The van der Waals surface area contributed by atoms with Crippen molar-refractivity contribution in [3.8, 4) is 0 Å². The maximum absolute atomic E-state index is 12.1. The van der Waals surface area contributed by atoms with E-state index in [0.29, 0.717) is 11.3 Å². The molecule has 0 unspecified atom stereocenters. The Morgan fingerprint density at radius 1 is 1.43 bits per heavy atom. The number of thiazole rings is 1. The van der Waals surface area contributed by atoms with Crippen LogP contribution in [-0.2, 0) is 12.8 Å². The summed E-state index contributed by atoms with van der Waals surface area (Å²) in [5.74, 6) is 0.648. The van der Waals surface area contributed by atoms with Crippen LogP contribution >= 0.6 is 22.7 Å². The Hall–Kier alpha value is -1.20. The van der Waals surface area contributed by atoms with Crippen LogP contribution in [0.25, 0.3) is 0 Å². The number of anilines is 1. The summed E-state index contributed by atoms with van der Waals surface area (Å²) in [6, 6.07) is 3.73. The van der Waals surface area contributed by atoms with E-state index in [1.807, 2.05) is 17.5 Å². The first kappa shape index (κ1) is 14.7. The van der Waals surface area contributed by atoms with Crippen molar-refractivity contribution in [3.63, 3.8) is 0 Å². The van der Waals surface area contributed by atoms with Gasteiger partial charge in [-0.05, 0) is 42.0 Å². The van der Waals surface area contributed by atoms with E-state index in [1.165, 1.54) is 28.3 Å². The standard InChI is InChI=1S/C16H20N2OS2/c1-16(2,3)10-6-7-11-13(9-10)21-15(17-11)18-14(19)12-5-4-8-20-12/h4-5,8,10H,6-7,9H2,1-3H3,(H,17,18,19)/t10-/m1/s1. The van der Waals surface area contributed by atoms with Gasteiger partial charge in [0, 0.05) is 4.88 Å². The van der Waals surface area contributed by atoms with Gasteiger partial charge in [0.2, 0.25) is 0 Å². The van der Waals surface area contributed by atoms with Crippen molar-refractivity contribution < 1.29 is 4.79 Å². The van der Waals surface area contributed by atoms with Gasteiger partial charge in [-0.2, -0.15) is 0 Å². The molecule has 1 atom stereocenters. The maximum Gasteiger partial charge on any atom is 0.267 e. The van der Waals surface area contributed by atoms with E-state index in [-0.39, 0.29) is 5.91 Å². The highest BCUT2D eigenvalue weighted by atomic mass is 32.1. The largest absolute Gasteiger partial charge is 0.297 e. The lowest BCUT2D eigenvalue weighted by molar-refractivity contribution is 0.103. The Morgan fingerprint density at radius 3 is 2.90 bits per heavy atom. The van der Waals surface area contributed by atoms with Gasteiger partial charge in [0.25, 0.3) is 5.91 Å². The Kier molecular flexibility index (Phi) is 3.88. The minimum atomic E-state index is -0.0523. The van der Waals surface area contributed by atoms with Gasteiger partial charge in [0.05, 0.1) is 10.6 Å². The van der Waals surface area contributed by atoms with Crippen LogP contribution in [-0.4, -0.2) is 10.9 Å². The molecule has 2 aromatic heterocycles. The average Bonchev–Trinajstić information content (AvgIpc) is 3.05. The number of hydrogen-bond acceptors (Lipinski definition) is 4. The number of fused-ring (bicyclic) bond motifs is 1. The normalized spacial score (nSPS) is 18.3. The smallest absolute Gasteiger partial charge is 0.267 e. The lowest BCUT2D eigenvalue weighted by Gasteiger charge is -2.33. The molecule has 1 amide bonds. The fourth-order valence-electron chi connectivity index (χ4n) is 2.73. The molecule has 1 N–H and O–H groups in total. The molecule has 21 heavy (non-hydrogen) atoms. The number of carbonyl (C=O) groups excluding carboxylic acids is 1. The molecule has 2 aromatic rings. The van der Waals surface area contributed by atoms with E-state index >= 15 is 0 Å². The first-order chi connectivity index (χ1) is 9.93. The minimum absolute atomic E-state index is 0.0523. The SMILES string of the molecule is CC(C)(C)[C@@H]1CCc2nc(NC(=O)c3cccs3)sc2C1. The number of aromatic nitrogens is 1. The van der Waals surface area contributed by atoms with Crippen LogP contribution in [0.15, 0.2) is 17.5 Å². The third-order valence-corrected chi connectivity index (χ3v) is 6.03. The molecular weight excluding hydrogens is 300 g/mol. The van der Waals surface area contributed by atoms with Gasteiger partial charge < -0.3 is 0 Å². The molecule has 1 aliphatic carbocycles. The number of thiophene rings is 1. The quantitative estimate of drug-likeness (QED) is 0.878. The van der Waals surface area contributed by atoms with Crippen LogP contribution in [0, 0.1) is 11.3 Å². The van der Waals surface area contributed by atoms with Crippen molar-refractivity contribution >= 4 is 33.7 Å². The molecule has 112 valence electrons. The lowest BCUT2D eigenvalue weighted by Crippen LogP contribution is -2.26. The number of rotatable bonds is 2. The summed E-state index contributed by atoms with van der Waals surface area (Å²) in [6.07, 6.45) is 3.31. The van der Waals surface area contributed by atoms with Crippen molar-refractivity contribution in [2.24, 2.45) is 11.3 Å². The summed E-state index contributed by atoms with van der Waals surface area (Å²) >= 11 is 3.10. The summed E-state index contributed by atoms with van der Waals surface area (Å²) in [7, 11) is 0. The molecule has 2 heterocycles. The van der Waals surface area contributed by atoms with Gasteiger partial charge >= 0.3 is 0 Å². The first-order valence-corrected chi connectivity index (χ1v) is 8.96. The molecule has 1 aliphatic rings. The second-order valence-corrected chi connectivity index (χ2v) is 8.66. The highest BCUT2D eigenvalue weighted by molar-refractivity contribution is 7.16. The molecule has 0 aliphatic heterocycles. The van der Waals surface area contributed by atoms with Crippen LogP contribution in [0.1, 0.15) is 47.4 Å². The van der Waals surface area contributed by atoms with Crippen molar-refractivity contribution in [2.75, 3.05) is 5.32 Å². The van der Waals surface area contributed by atoms with Gasteiger partial charge in [-0.3, -0.25) is 10.1 Å². The predicted octanol–water partition coefficient (Wildman–Crippen LogP) is 4.61. The van der Waals surface area contributed by atoms with E-state index in [0.717, 1.165) is 22.9 Å². The van der Waals surface area contributed by atoms with Gasteiger partial charge in [-0.15, -0.1) is 22.7 Å². The molecule has 3 nitrogen and oxygen atoms in total. The van der Waals surface area contributed by atoms with Crippen molar-refractivity contribution in [1.29, 1.82) is 0 Å². The van der Waals surface area contributed by atoms with E-state index in [2.05, 4.69) is 31.1 Å². The third-order valence-electron chi connectivity index (χ3n) is 4.13. The Bertz CT molecular complexity index is 638. The summed E-state index contributed by atoms with van der Waals surface area (Å²) < 4.78 is 0. The fraction of sp³-hybridized carbons (Fsp3) is 0.500. The van der Waals surface area contributed by atoms with Crippen LogP contribution in [0.2, 0.25) is 0 Å². The second kappa shape index (κ2) is 5.54. The highest BCUT2D eigenvalue weighted by Gasteiger charge is 2.30. The topological polar surface area (TPSA) is 42.0 Å². The van der Waals surface area contributed by atoms with Crippen LogP contribution in [0.4, 0.5) is 5.13 Å². The first-order valence-electron chi connectivity index (χ1n) is 7.27. The molecule has 3 rings (SSSR count). The molecule has 0 saturated heterocycles. The molecular formula is C16H20N2OS2. The van der Waals surface area contributed by atoms with Crippen molar-refractivity contribution in [2.45, 2.75) is 40.0 Å². The van der Waals surface area contributed by atoms with Crippen LogP contribution in [0.5, 0.6) is 0 Å². The van der Waals surface area contributed by atoms with Gasteiger partial charge in [0.1, 0.15) is 0 Å². The Morgan fingerprint density at radius 2 is 2.24 bits per heavy atom. The van der Waals surface area contributed by atoms with Crippen molar-refractivity contribution in [1.82, 2.24) is 4.98 Å². The molecule has 0 saturated carbocycles. The van der Waals surface area contributed by atoms with Gasteiger partial charge in [-0.25, -0.2) is 4.98 Å². The number of nitrogens with zero attached hydrogens (tertiary/aromatic N) is 1. The molecule has 0 fully saturated rings. The summed E-state index contributed by atoms with van der Waals surface area (Å²) in [4.78, 5) is 18.8. The zero-order valence-electron chi connectivity index (χ0n) is 12.6. The van der Waals surface area contributed by atoms with Gasteiger partial charge in [-0.1, -0.05) is 26.8 Å². The minimum Gasteiger partial charge on any atom is -0.297 e. The Labute approximate surface area is 133 Å². The lowest BCUT2D eigenvalue weighted by atomic mass is 9.73. The average molecular weight is 320 g/mol.